The minimum absolute atomic E-state index is 0.124. The van der Waals surface area contributed by atoms with Crippen LogP contribution >= 0.6 is 0 Å². The van der Waals surface area contributed by atoms with Crippen LogP contribution in [0.25, 0.3) is 0 Å². The Labute approximate surface area is 176 Å². The molecule has 3 heterocycles. The Hall–Kier alpha value is -2.84. The number of piperidine rings is 1. The number of pyridine rings is 1. The normalized spacial score (nSPS) is 18.2. The summed E-state index contributed by atoms with van der Waals surface area (Å²) >= 11 is 0. The van der Waals surface area contributed by atoms with Gasteiger partial charge in [-0.25, -0.2) is 0 Å². The molecule has 1 aromatic carbocycles. The van der Waals surface area contributed by atoms with Crippen molar-refractivity contribution in [3.8, 4) is 0 Å². The Morgan fingerprint density at radius 3 is 2.43 bits per heavy atom. The second-order valence-electron chi connectivity index (χ2n) is 8.06. The van der Waals surface area contributed by atoms with Crippen LogP contribution in [0, 0.1) is 0 Å². The first kappa shape index (κ1) is 20.4. The molecule has 0 aliphatic carbocycles. The Morgan fingerprint density at radius 1 is 1.03 bits per heavy atom. The third-order valence-electron chi connectivity index (χ3n) is 5.88. The molecule has 0 radical (unpaired) electrons. The molecule has 2 fully saturated rings. The molecule has 30 heavy (non-hydrogen) atoms. The van der Waals surface area contributed by atoms with Crippen molar-refractivity contribution in [3.05, 3.63) is 52.4 Å². The number of rotatable bonds is 5. The quantitative estimate of drug-likeness (QED) is 0.598. The molecule has 2 aliphatic heterocycles. The zero-order valence-electron chi connectivity index (χ0n) is 17.4. The summed E-state index contributed by atoms with van der Waals surface area (Å²) in [5.41, 5.74) is 2.14. The lowest BCUT2D eigenvalue weighted by molar-refractivity contribution is 0.102. The van der Waals surface area contributed by atoms with E-state index in [2.05, 4.69) is 37.8 Å². The number of hydrogen-bond acceptors (Lipinski definition) is 6. The van der Waals surface area contributed by atoms with Crippen LogP contribution in [0.4, 0.5) is 17.1 Å². The van der Waals surface area contributed by atoms with E-state index in [-0.39, 0.29) is 17.2 Å². The molecule has 160 valence electrons. The summed E-state index contributed by atoms with van der Waals surface area (Å²) in [6, 6.07) is 9.83. The molecular formula is C22H30N6O2. The van der Waals surface area contributed by atoms with Crippen molar-refractivity contribution in [2.45, 2.75) is 18.9 Å². The van der Waals surface area contributed by atoms with Crippen LogP contribution in [0.3, 0.4) is 0 Å². The van der Waals surface area contributed by atoms with E-state index in [0.29, 0.717) is 11.4 Å². The summed E-state index contributed by atoms with van der Waals surface area (Å²) in [5.74, 6) is -0.402. The van der Waals surface area contributed by atoms with E-state index in [1.165, 1.54) is 0 Å². The summed E-state index contributed by atoms with van der Waals surface area (Å²) in [4.78, 5) is 32.6. The van der Waals surface area contributed by atoms with Crippen LogP contribution in [-0.2, 0) is 0 Å². The summed E-state index contributed by atoms with van der Waals surface area (Å²) < 4.78 is 0. The number of H-pyrrole nitrogens is 1. The predicted molar refractivity (Wildman–Crippen MR) is 121 cm³/mol. The summed E-state index contributed by atoms with van der Waals surface area (Å²) in [6.07, 6.45) is 3.50. The average molecular weight is 411 g/mol. The molecule has 0 bridgehead atoms. The van der Waals surface area contributed by atoms with Crippen LogP contribution < -0.4 is 26.4 Å². The van der Waals surface area contributed by atoms with Gasteiger partial charge < -0.3 is 30.7 Å². The Kier molecular flexibility index (Phi) is 6.35. The first-order valence-electron chi connectivity index (χ1n) is 10.6. The van der Waals surface area contributed by atoms with E-state index in [1.807, 2.05) is 24.3 Å². The monoisotopic (exact) mass is 410 g/mol. The lowest BCUT2D eigenvalue weighted by atomic mass is 10.1. The molecule has 4 rings (SSSR count). The van der Waals surface area contributed by atoms with Gasteiger partial charge in [0.1, 0.15) is 5.56 Å². The number of nitrogens with zero attached hydrogens (tertiary/aromatic N) is 2. The van der Waals surface area contributed by atoms with E-state index < -0.39 is 5.91 Å². The Bertz CT molecular complexity index is 912. The van der Waals surface area contributed by atoms with Gasteiger partial charge in [0.2, 0.25) is 0 Å². The fourth-order valence-corrected chi connectivity index (χ4v) is 4.02. The minimum Gasteiger partial charge on any atom is -0.381 e. The highest BCUT2D eigenvalue weighted by Gasteiger charge is 2.20. The van der Waals surface area contributed by atoms with E-state index in [9.17, 15) is 9.59 Å². The molecule has 2 aromatic rings. The maximum atomic E-state index is 12.9. The van der Waals surface area contributed by atoms with Crippen molar-refractivity contribution in [1.82, 2.24) is 15.2 Å². The van der Waals surface area contributed by atoms with E-state index >= 15 is 0 Å². The first-order chi connectivity index (χ1) is 14.6. The number of carbonyl (C=O) groups is 1. The maximum Gasteiger partial charge on any atom is 0.263 e. The molecule has 2 saturated heterocycles. The lowest BCUT2D eigenvalue weighted by Crippen LogP contribution is -2.44. The highest BCUT2D eigenvalue weighted by atomic mass is 16.2. The predicted octanol–water partition coefficient (Wildman–Crippen LogP) is 1.54. The molecule has 8 heteroatoms. The lowest BCUT2D eigenvalue weighted by Gasteiger charge is -2.34. The number of carbonyl (C=O) groups excluding carboxylic acids is 1. The van der Waals surface area contributed by atoms with Crippen LogP contribution in [0.15, 0.2) is 41.3 Å². The zero-order valence-corrected chi connectivity index (χ0v) is 17.4. The highest BCUT2D eigenvalue weighted by molar-refractivity contribution is 6.07. The third-order valence-corrected chi connectivity index (χ3v) is 5.88. The molecule has 1 amide bonds. The minimum atomic E-state index is -0.402. The summed E-state index contributed by atoms with van der Waals surface area (Å²) in [6.45, 7) is 5.94. The largest absolute Gasteiger partial charge is 0.381 e. The number of hydrogen-bond donors (Lipinski definition) is 4. The van der Waals surface area contributed by atoms with Crippen LogP contribution in [-0.4, -0.2) is 68.1 Å². The molecule has 4 N–H and O–H groups in total. The summed E-state index contributed by atoms with van der Waals surface area (Å²) in [7, 11) is 2.13. The van der Waals surface area contributed by atoms with Crippen molar-refractivity contribution < 1.29 is 4.79 Å². The molecule has 0 saturated carbocycles. The fraction of sp³-hybridized carbons (Fsp3) is 0.455. The van der Waals surface area contributed by atoms with Crippen molar-refractivity contribution in [1.29, 1.82) is 0 Å². The van der Waals surface area contributed by atoms with Gasteiger partial charge in [-0.3, -0.25) is 9.59 Å². The van der Waals surface area contributed by atoms with E-state index in [1.54, 1.807) is 12.3 Å². The Balaban J connectivity index is 1.45. The number of likely N-dealkylation sites (N-methyl/N-ethyl adjacent to an activating group) is 1. The molecule has 8 nitrogen and oxygen atoms in total. The highest BCUT2D eigenvalue weighted by Crippen LogP contribution is 2.21. The second-order valence-corrected chi connectivity index (χ2v) is 8.06. The van der Waals surface area contributed by atoms with Crippen molar-refractivity contribution >= 4 is 23.0 Å². The average Bonchev–Trinajstić information content (AvgIpc) is 2.76. The molecule has 0 spiro atoms. The molecule has 0 unspecified atom stereocenters. The van der Waals surface area contributed by atoms with Gasteiger partial charge in [0.05, 0.1) is 5.69 Å². The number of benzene rings is 1. The Morgan fingerprint density at radius 2 is 1.73 bits per heavy atom. The number of nitrogens with one attached hydrogen (secondary N) is 4. The second kappa shape index (κ2) is 9.32. The standard InChI is InChI=1S/C22H30N6O2/c1-27-12-14-28(15-13-27)18-4-2-16(3-5-18)26-22(30)20-19(8-11-24-21(20)29)25-17-6-9-23-10-7-17/h2-5,8,11,17,23H,6-7,9-10,12-15H2,1H3,(H,26,30)(H2,24,25,29). The number of piperazine rings is 1. The van der Waals surface area contributed by atoms with Crippen molar-refractivity contribution in [2.24, 2.45) is 0 Å². The topological polar surface area (TPSA) is 92.5 Å². The SMILES string of the molecule is CN1CCN(c2ccc(NC(=O)c3c(NC4CCNCC4)cc[nH]c3=O)cc2)CC1. The van der Waals surface area contributed by atoms with Crippen molar-refractivity contribution in [3.63, 3.8) is 0 Å². The number of anilines is 3. The number of amides is 1. The van der Waals surface area contributed by atoms with Gasteiger partial charge in [-0.2, -0.15) is 0 Å². The van der Waals surface area contributed by atoms with Gasteiger partial charge in [-0.05, 0) is 63.3 Å². The van der Waals surface area contributed by atoms with E-state index in [0.717, 1.165) is 57.8 Å². The first-order valence-corrected chi connectivity index (χ1v) is 10.6. The van der Waals surface area contributed by atoms with Gasteiger partial charge in [0, 0.05) is 49.8 Å². The molecule has 1 aromatic heterocycles. The number of aromatic amines is 1. The molecule has 0 atom stereocenters. The van der Waals surface area contributed by atoms with Gasteiger partial charge in [0.25, 0.3) is 11.5 Å². The summed E-state index contributed by atoms with van der Waals surface area (Å²) in [5, 5.41) is 9.58. The fourth-order valence-electron chi connectivity index (χ4n) is 4.02. The van der Waals surface area contributed by atoms with Crippen LogP contribution in [0.2, 0.25) is 0 Å². The maximum absolute atomic E-state index is 12.9. The van der Waals surface area contributed by atoms with Gasteiger partial charge in [0.15, 0.2) is 0 Å². The van der Waals surface area contributed by atoms with Gasteiger partial charge >= 0.3 is 0 Å². The molecular weight excluding hydrogens is 380 g/mol. The molecule has 2 aliphatic rings. The third kappa shape index (κ3) is 4.83. The van der Waals surface area contributed by atoms with Crippen molar-refractivity contribution in [2.75, 3.05) is 61.8 Å². The van der Waals surface area contributed by atoms with Gasteiger partial charge in [-0.1, -0.05) is 0 Å². The smallest absolute Gasteiger partial charge is 0.263 e. The van der Waals surface area contributed by atoms with E-state index in [4.69, 9.17) is 0 Å². The van der Waals surface area contributed by atoms with Crippen LogP contribution in [0.5, 0.6) is 0 Å². The zero-order chi connectivity index (χ0) is 20.9. The number of aromatic nitrogens is 1. The van der Waals surface area contributed by atoms with Gasteiger partial charge in [-0.15, -0.1) is 0 Å². The van der Waals surface area contributed by atoms with Crippen LogP contribution in [0.1, 0.15) is 23.2 Å².